The van der Waals surface area contributed by atoms with Gasteiger partial charge in [0, 0.05) is 22.9 Å². The van der Waals surface area contributed by atoms with Gasteiger partial charge in [-0.1, -0.05) is 29.3 Å². The van der Waals surface area contributed by atoms with E-state index in [4.69, 9.17) is 0 Å². The zero-order valence-corrected chi connectivity index (χ0v) is 13.8. The fraction of sp³-hybridized carbons (Fsp3) is 0.267. The fourth-order valence-corrected chi connectivity index (χ4v) is 2.00. The largest absolute Gasteiger partial charge is 0.342 e. The van der Waals surface area contributed by atoms with Gasteiger partial charge in [-0.05, 0) is 36.8 Å². The van der Waals surface area contributed by atoms with E-state index < -0.39 is 0 Å². The third-order valence-electron chi connectivity index (χ3n) is 2.94. The summed E-state index contributed by atoms with van der Waals surface area (Å²) in [4.78, 5) is 23.9. The van der Waals surface area contributed by atoms with Crippen molar-refractivity contribution < 1.29 is 9.59 Å². The first-order valence-corrected chi connectivity index (χ1v) is 7.80. The van der Waals surface area contributed by atoms with E-state index in [0.29, 0.717) is 12.2 Å². The highest BCUT2D eigenvalue weighted by Crippen LogP contribution is 2.14. The fourth-order valence-electron chi connectivity index (χ4n) is 1.74. The van der Waals surface area contributed by atoms with Crippen molar-refractivity contribution in [2.45, 2.75) is 19.8 Å². The van der Waals surface area contributed by atoms with E-state index >= 15 is 0 Å². The Morgan fingerprint density at radius 3 is 2.64 bits per heavy atom. The molecule has 1 aromatic carbocycles. The van der Waals surface area contributed by atoms with Gasteiger partial charge in [0.1, 0.15) is 0 Å². The average Bonchev–Trinajstić information content (AvgIpc) is 3.00. The zero-order chi connectivity index (χ0) is 15.9. The van der Waals surface area contributed by atoms with Crippen molar-refractivity contribution in [2.24, 2.45) is 0 Å². The number of hydrogen-bond donors (Lipinski definition) is 2. The van der Waals surface area contributed by atoms with Crippen molar-refractivity contribution in [1.82, 2.24) is 15.1 Å². The summed E-state index contributed by atoms with van der Waals surface area (Å²) in [6.45, 7) is 2.64. The number of carbonyl (C=O) groups is 2. The van der Waals surface area contributed by atoms with Crippen LogP contribution in [0.4, 0.5) is 10.5 Å². The summed E-state index contributed by atoms with van der Waals surface area (Å²) >= 11 is 3.33. The van der Waals surface area contributed by atoms with Gasteiger partial charge < -0.3 is 10.6 Å². The molecule has 0 unspecified atom stereocenters. The maximum absolute atomic E-state index is 12.1. The highest BCUT2D eigenvalue weighted by Gasteiger charge is 2.12. The Morgan fingerprint density at radius 2 is 1.95 bits per heavy atom. The number of hydrogen-bond acceptors (Lipinski definition) is 3. The molecule has 0 saturated carbocycles. The summed E-state index contributed by atoms with van der Waals surface area (Å²) < 4.78 is 2.06. The molecule has 0 atom stereocenters. The first-order chi connectivity index (χ1) is 10.6. The van der Waals surface area contributed by atoms with Crippen LogP contribution in [0.15, 0.2) is 41.0 Å². The average molecular weight is 365 g/mol. The number of anilines is 1. The molecule has 0 aliphatic rings. The van der Waals surface area contributed by atoms with Crippen molar-refractivity contribution in [3.8, 4) is 0 Å². The topological polar surface area (TPSA) is 76.0 Å². The van der Waals surface area contributed by atoms with Crippen LogP contribution < -0.4 is 10.6 Å². The molecule has 0 aliphatic heterocycles. The smallest absolute Gasteiger partial charge is 0.336 e. The number of carbonyl (C=O) groups excluding carboxylic acids is 2. The van der Waals surface area contributed by atoms with Gasteiger partial charge >= 0.3 is 6.03 Å². The summed E-state index contributed by atoms with van der Waals surface area (Å²) in [5, 5.41) is 9.44. The number of benzene rings is 1. The molecule has 0 saturated heterocycles. The second kappa shape index (κ2) is 7.74. The summed E-state index contributed by atoms with van der Waals surface area (Å²) in [7, 11) is 0. The molecular weight excluding hydrogens is 348 g/mol. The lowest BCUT2D eigenvalue weighted by Gasteiger charge is -2.04. The van der Waals surface area contributed by atoms with Gasteiger partial charge in [0.25, 0.3) is 5.91 Å². The Kier molecular flexibility index (Phi) is 5.71. The number of halogens is 1. The highest BCUT2D eigenvalue weighted by atomic mass is 79.9. The monoisotopic (exact) mass is 364 g/mol. The molecule has 1 heterocycles. The third-order valence-corrected chi connectivity index (χ3v) is 3.47. The third kappa shape index (κ3) is 4.42. The molecule has 0 spiro atoms. The minimum absolute atomic E-state index is 0.188. The molecule has 2 amide bonds. The van der Waals surface area contributed by atoms with Crippen molar-refractivity contribution >= 4 is 33.6 Å². The van der Waals surface area contributed by atoms with Crippen molar-refractivity contribution in [1.29, 1.82) is 0 Å². The maximum atomic E-state index is 12.1. The van der Waals surface area contributed by atoms with Gasteiger partial charge in [-0.3, -0.25) is 4.79 Å². The second-order valence-electron chi connectivity index (χ2n) is 4.69. The van der Waals surface area contributed by atoms with Crippen LogP contribution >= 0.6 is 15.9 Å². The molecule has 2 N–H and O–H groups in total. The Labute approximate surface area is 137 Å². The van der Waals surface area contributed by atoms with Crippen LogP contribution in [0.25, 0.3) is 0 Å². The van der Waals surface area contributed by atoms with Crippen molar-refractivity contribution in [3.05, 3.63) is 46.7 Å². The normalized spacial score (nSPS) is 10.3. The number of rotatable bonds is 5. The van der Waals surface area contributed by atoms with Gasteiger partial charge in [-0.15, -0.1) is 0 Å². The van der Waals surface area contributed by atoms with Gasteiger partial charge in [0.15, 0.2) is 5.69 Å². The van der Waals surface area contributed by atoms with E-state index in [1.165, 1.54) is 12.3 Å². The molecule has 0 aliphatic carbocycles. The summed E-state index contributed by atoms with van der Waals surface area (Å²) in [5.74, 6) is -0.359. The van der Waals surface area contributed by atoms with Crippen LogP contribution in [0.3, 0.4) is 0 Å². The minimum atomic E-state index is -0.359. The van der Waals surface area contributed by atoms with Crippen LogP contribution in [0.2, 0.25) is 0 Å². The van der Waals surface area contributed by atoms with Crippen LogP contribution in [-0.2, 0) is 0 Å². The maximum Gasteiger partial charge on any atom is 0.342 e. The van der Waals surface area contributed by atoms with Gasteiger partial charge in [-0.2, -0.15) is 9.78 Å². The summed E-state index contributed by atoms with van der Waals surface area (Å²) in [5.41, 5.74) is 0.851. The van der Waals surface area contributed by atoms with Crippen molar-refractivity contribution in [2.75, 3.05) is 11.9 Å². The number of amides is 2. The molecular formula is C15H17BrN4O2. The molecule has 7 heteroatoms. The SMILES string of the molecule is CCCCNC(=O)n1ccc(C(=O)Nc2ccc(Br)cc2)n1. The molecule has 0 bridgehead atoms. The molecule has 116 valence electrons. The Bertz CT molecular complexity index is 652. The molecule has 2 rings (SSSR count). The molecule has 0 radical (unpaired) electrons. The molecule has 1 aromatic heterocycles. The van der Waals surface area contributed by atoms with Crippen LogP contribution in [0.1, 0.15) is 30.3 Å². The number of aromatic nitrogens is 2. The van der Waals surface area contributed by atoms with Crippen LogP contribution in [0.5, 0.6) is 0 Å². The van der Waals surface area contributed by atoms with Gasteiger partial charge in [-0.25, -0.2) is 4.79 Å². The quantitative estimate of drug-likeness (QED) is 0.799. The molecule has 22 heavy (non-hydrogen) atoms. The van der Waals surface area contributed by atoms with E-state index in [0.717, 1.165) is 22.0 Å². The van der Waals surface area contributed by atoms with Crippen LogP contribution in [-0.4, -0.2) is 28.3 Å². The lowest BCUT2D eigenvalue weighted by Crippen LogP contribution is -2.30. The van der Waals surface area contributed by atoms with Gasteiger partial charge in [0.05, 0.1) is 0 Å². The van der Waals surface area contributed by atoms with E-state index in [9.17, 15) is 9.59 Å². The summed E-state index contributed by atoms with van der Waals surface area (Å²) in [6, 6.07) is 8.38. The minimum Gasteiger partial charge on any atom is -0.336 e. The number of nitrogens with zero attached hydrogens (tertiary/aromatic N) is 2. The van der Waals surface area contributed by atoms with E-state index in [1.807, 2.05) is 19.1 Å². The van der Waals surface area contributed by atoms with E-state index in [2.05, 4.69) is 31.7 Å². The zero-order valence-electron chi connectivity index (χ0n) is 12.2. The van der Waals surface area contributed by atoms with Crippen molar-refractivity contribution in [3.63, 3.8) is 0 Å². The predicted molar refractivity (Wildman–Crippen MR) is 88.0 cm³/mol. The van der Waals surface area contributed by atoms with Crippen LogP contribution in [0, 0.1) is 0 Å². The first kappa shape index (κ1) is 16.2. The molecule has 0 fully saturated rings. The summed E-state index contributed by atoms with van der Waals surface area (Å²) in [6.07, 6.45) is 3.38. The highest BCUT2D eigenvalue weighted by molar-refractivity contribution is 9.10. The second-order valence-corrected chi connectivity index (χ2v) is 5.61. The van der Waals surface area contributed by atoms with E-state index in [1.54, 1.807) is 12.1 Å². The first-order valence-electron chi connectivity index (χ1n) is 7.01. The molecule has 6 nitrogen and oxygen atoms in total. The lowest BCUT2D eigenvalue weighted by atomic mass is 10.3. The standard InChI is InChI=1S/C15H17BrN4O2/c1-2-3-9-17-15(22)20-10-8-13(19-20)14(21)18-12-6-4-11(16)5-7-12/h4-8,10H,2-3,9H2,1H3,(H,17,22)(H,18,21). The van der Waals surface area contributed by atoms with Gasteiger partial charge in [0.2, 0.25) is 0 Å². The number of nitrogens with one attached hydrogen (secondary N) is 2. The Morgan fingerprint density at radius 1 is 1.23 bits per heavy atom. The molecule has 2 aromatic rings. The van der Waals surface area contributed by atoms with E-state index in [-0.39, 0.29) is 17.6 Å². The predicted octanol–water partition coefficient (Wildman–Crippen LogP) is 3.26. The lowest BCUT2D eigenvalue weighted by molar-refractivity contribution is 0.102. The Balaban J connectivity index is 1.96. The number of unbranched alkanes of at least 4 members (excludes halogenated alkanes) is 1. The Hall–Kier alpha value is -2.15.